The van der Waals surface area contributed by atoms with Crippen molar-refractivity contribution in [3.63, 3.8) is 0 Å². The second-order valence-electron chi connectivity index (χ2n) is 7.17. The van der Waals surface area contributed by atoms with Crippen molar-refractivity contribution in [2.75, 3.05) is 50.7 Å². The normalized spacial score (nSPS) is 15.6. The Morgan fingerprint density at radius 1 is 1.21 bits per heavy atom. The van der Waals surface area contributed by atoms with Gasteiger partial charge in [0.25, 0.3) is 0 Å². The predicted molar refractivity (Wildman–Crippen MR) is 122 cm³/mol. The van der Waals surface area contributed by atoms with Crippen LogP contribution in [0, 0.1) is 6.92 Å². The van der Waals surface area contributed by atoms with Gasteiger partial charge in [-0.05, 0) is 38.1 Å². The maximum atomic E-state index is 4.75. The van der Waals surface area contributed by atoms with Gasteiger partial charge >= 0.3 is 0 Å². The zero-order valence-electron chi connectivity index (χ0n) is 17.8. The molecule has 2 aromatic heterocycles. The molecule has 2 aromatic rings. The standard InChI is InChI=1S/C21H33N7S/c1-4-22-21(24-9-7-19-16-29-17(3)26-19)25-15-18-6-8-23-20(14-18)28-12-10-27(5-2)11-13-28/h6,8,14,16H,4-5,7,9-13,15H2,1-3H3,(H2,22,24,25). The van der Waals surface area contributed by atoms with E-state index in [1.54, 1.807) is 11.3 Å². The fraction of sp³-hybridized carbons (Fsp3) is 0.571. The summed E-state index contributed by atoms with van der Waals surface area (Å²) in [5, 5.41) is 9.97. The lowest BCUT2D eigenvalue weighted by molar-refractivity contribution is 0.270. The van der Waals surface area contributed by atoms with Crippen LogP contribution < -0.4 is 15.5 Å². The molecule has 3 heterocycles. The minimum Gasteiger partial charge on any atom is -0.357 e. The number of nitrogens with zero attached hydrogens (tertiary/aromatic N) is 5. The van der Waals surface area contributed by atoms with E-state index in [1.807, 2.05) is 13.1 Å². The SMILES string of the molecule is CCNC(=NCc1ccnc(N2CCN(CC)CC2)c1)NCCc1csc(C)n1. The second kappa shape index (κ2) is 11.1. The summed E-state index contributed by atoms with van der Waals surface area (Å²) in [4.78, 5) is 18.7. The topological polar surface area (TPSA) is 68.7 Å². The highest BCUT2D eigenvalue weighted by Crippen LogP contribution is 2.15. The van der Waals surface area contributed by atoms with Crippen LogP contribution in [0.4, 0.5) is 5.82 Å². The van der Waals surface area contributed by atoms with Crippen LogP contribution in [0.15, 0.2) is 28.7 Å². The molecule has 3 rings (SSSR count). The molecule has 0 saturated carbocycles. The predicted octanol–water partition coefficient (Wildman–Crippen LogP) is 2.29. The van der Waals surface area contributed by atoms with Gasteiger partial charge in [-0.1, -0.05) is 6.92 Å². The second-order valence-corrected chi connectivity index (χ2v) is 8.24. The Kier molecular flexibility index (Phi) is 8.25. The molecule has 1 aliphatic rings. The number of piperazine rings is 1. The average Bonchev–Trinajstić information content (AvgIpc) is 3.17. The van der Waals surface area contributed by atoms with Crippen LogP contribution in [-0.4, -0.2) is 66.6 Å². The highest BCUT2D eigenvalue weighted by molar-refractivity contribution is 7.09. The van der Waals surface area contributed by atoms with Crippen molar-refractivity contribution < 1.29 is 0 Å². The third-order valence-corrected chi connectivity index (χ3v) is 5.88. The fourth-order valence-corrected chi connectivity index (χ4v) is 4.02. The molecule has 1 fully saturated rings. The number of hydrogen-bond acceptors (Lipinski definition) is 6. The molecule has 7 nitrogen and oxygen atoms in total. The lowest BCUT2D eigenvalue weighted by atomic mass is 10.2. The first-order valence-electron chi connectivity index (χ1n) is 10.5. The smallest absolute Gasteiger partial charge is 0.191 e. The van der Waals surface area contributed by atoms with Crippen molar-refractivity contribution in [2.24, 2.45) is 4.99 Å². The largest absolute Gasteiger partial charge is 0.357 e. The van der Waals surface area contributed by atoms with Gasteiger partial charge in [-0.25, -0.2) is 15.0 Å². The molecule has 0 amide bonds. The molecule has 0 spiro atoms. The molecular formula is C21H33N7S. The number of rotatable bonds is 8. The zero-order valence-corrected chi connectivity index (χ0v) is 18.6. The van der Waals surface area contributed by atoms with E-state index in [-0.39, 0.29) is 0 Å². The lowest BCUT2D eigenvalue weighted by Crippen LogP contribution is -2.46. The Morgan fingerprint density at radius 2 is 2.03 bits per heavy atom. The van der Waals surface area contributed by atoms with Gasteiger partial charge in [0.15, 0.2) is 5.96 Å². The summed E-state index contributed by atoms with van der Waals surface area (Å²) >= 11 is 1.70. The van der Waals surface area contributed by atoms with Gasteiger partial charge < -0.3 is 20.4 Å². The first-order valence-corrected chi connectivity index (χ1v) is 11.4. The van der Waals surface area contributed by atoms with E-state index in [0.29, 0.717) is 6.54 Å². The van der Waals surface area contributed by atoms with E-state index < -0.39 is 0 Å². The van der Waals surface area contributed by atoms with E-state index in [2.05, 4.69) is 61.8 Å². The minimum atomic E-state index is 0.635. The maximum absolute atomic E-state index is 4.75. The van der Waals surface area contributed by atoms with Crippen molar-refractivity contribution in [1.82, 2.24) is 25.5 Å². The Balaban J connectivity index is 1.54. The molecule has 0 atom stereocenters. The first kappa shape index (κ1) is 21.5. The van der Waals surface area contributed by atoms with Gasteiger partial charge in [-0.3, -0.25) is 0 Å². The number of pyridine rings is 1. The molecule has 0 bridgehead atoms. The van der Waals surface area contributed by atoms with E-state index in [4.69, 9.17) is 4.99 Å². The Hall–Kier alpha value is -2.19. The van der Waals surface area contributed by atoms with E-state index in [0.717, 1.165) is 74.7 Å². The highest BCUT2D eigenvalue weighted by Gasteiger charge is 2.16. The Morgan fingerprint density at radius 3 is 2.72 bits per heavy atom. The quantitative estimate of drug-likeness (QED) is 0.509. The molecule has 1 aliphatic heterocycles. The number of anilines is 1. The molecule has 29 heavy (non-hydrogen) atoms. The monoisotopic (exact) mass is 415 g/mol. The molecule has 1 saturated heterocycles. The first-order chi connectivity index (χ1) is 14.2. The number of aromatic nitrogens is 2. The van der Waals surface area contributed by atoms with Crippen molar-refractivity contribution in [1.29, 1.82) is 0 Å². The van der Waals surface area contributed by atoms with E-state index >= 15 is 0 Å². The maximum Gasteiger partial charge on any atom is 0.191 e. The molecular weight excluding hydrogens is 382 g/mol. The summed E-state index contributed by atoms with van der Waals surface area (Å²) in [5.74, 6) is 1.90. The Labute approximate surface area is 178 Å². The summed E-state index contributed by atoms with van der Waals surface area (Å²) < 4.78 is 0. The van der Waals surface area contributed by atoms with Gasteiger partial charge in [-0.15, -0.1) is 11.3 Å². The third-order valence-electron chi connectivity index (χ3n) is 5.06. The fourth-order valence-electron chi connectivity index (χ4n) is 3.37. The summed E-state index contributed by atoms with van der Waals surface area (Å²) in [6.07, 6.45) is 2.80. The van der Waals surface area contributed by atoms with Crippen LogP contribution in [-0.2, 0) is 13.0 Å². The number of hydrogen-bond donors (Lipinski definition) is 2. The summed E-state index contributed by atoms with van der Waals surface area (Å²) in [6, 6.07) is 4.23. The van der Waals surface area contributed by atoms with Crippen LogP contribution in [0.1, 0.15) is 30.1 Å². The molecule has 0 aromatic carbocycles. The summed E-state index contributed by atoms with van der Waals surface area (Å²) in [5.41, 5.74) is 2.32. The summed E-state index contributed by atoms with van der Waals surface area (Å²) in [7, 11) is 0. The van der Waals surface area contributed by atoms with Crippen LogP contribution >= 0.6 is 11.3 Å². The van der Waals surface area contributed by atoms with Crippen molar-refractivity contribution in [2.45, 2.75) is 33.7 Å². The van der Waals surface area contributed by atoms with E-state index in [9.17, 15) is 0 Å². The molecule has 8 heteroatoms. The number of aliphatic imine (C=N–C) groups is 1. The molecule has 2 N–H and O–H groups in total. The molecule has 0 unspecified atom stereocenters. The lowest BCUT2D eigenvalue weighted by Gasteiger charge is -2.34. The zero-order chi connectivity index (χ0) is 20.5. The number of aryl methyl sites for hydroxylation is 1. The van der Waals surface area contributed by atoms with Gasteiger partial charge in [0, 0.05) is 57.3 Å². The van der Waals surface area contributed by atoms with Crippen LogP contribution in [0.2, 0.25) is 0 Å². The Bertz CT molecular complexity index is 781. The van der Waals surface area contributed by atoms with Crippen molar-refractivity contribution >= 4 is 23.1 Å². The van der Waals surface area contributed by atoms with Gasteiger partial charge in [-0.2, -0.15) is 0 Å². The molecule has 0 aliphatic carbocycles. The van der Waals surface area contributed by atoms with Gasteiger partial charge in [0.1, 0.15) is 5.82 Å². The number of likely N-dealkylation sites (N-methyl/N-ethyl adjacent to an activating group) is 1. The van der Waals surface area contributed by atoms with Crippen molar-refractivity contribution in [3.8, 4) is 0 Å². The average molecular weight is 416 g/mol. The third kappa shape index (κ3) is 6.68. The summed E-state index contributed by atoms with van der Waals surface area (Å²) in [6.45, 7) is 14.0. The van der Waals surface area contributed by atoms with E-state index in [1.165, 1.54) is 5.56 Å². The number of nitrogens with one attached hydrogen (secondary N) is 2. The van der Waals surface area contributed by atoms with Crippen molar-refractivity contribution in [3.05, 3.63) is 40.0 Å². The molecule has 158 valence electrons. The number of guanidine groups is 1. The molecule has 0 radical (unpaired) electrons. The highest BCUT2D eigenvalue weighted by atomic mass is 32.1. The van der Waals surface area contributed by atoms with Crippen LogP contribution in [0.3, 0.4) is 0 Å². The van der Waals surface area contributed by atoms with Crippen LogP contribution in [0.5, 0.6) is 0 Å². The number of thiazole rings is 1. The minimum absolute atomic E-state index is 0.635. The van der Waals surface area contributed by atoms with Crippen LogP contribution in [0.25, 0.3) is 0 Å². The van der Waals surface area contributed by atoms with Gasteiger partial charge in [0.05, 0.1) is 17.2 Å². The van der Waals surface area contributed by atoms with Gasteiger partial charge in [0.2, 0.25) is 0 Å².